The van der Waals surface area contributed by atoms with E-state index < -0.39 is 0 Å². The highest BCUT2D eigenvalue weighted by atomic mass is 79.9. The van der Waals surface area contributed by atoms with Gasteiger partial charge in [0, 0.05) is 22.2 Å². The third kappa shape index (κ3) is 5.40. The monoisotopic (exact) mass is 304 g/mol. The largest absolute Gasteiger partial charge is 0.288 e. The van der Waals surface area contributed by atoms with Gasteiger partial charge in [-0.2, -0.15) is 0 Å². The first-order valence-corrected chi connectivity index (χ1v) is 6.49. The minimum absolute atomic E-state index is 0.131. The van der Waals surface area contributed by atoms with Crippen molar-refractivity contribution in [3.8, 4) is 0 Å². The zero-order valence-electron chi connectivity index (χ0n) is 8.17. The topological polar surface area (TPSA) is 17.1 Å². The summed E-state index contributed by atoms with van der Waals surface area (Å²) in [6, 6.07) is 5.69. The third-order valence-electron chi connectivity index (χ3n) is 1.58. The van der Waals surface area contributed by atoms with Crippen LogP contribution in [0.25, 0.3) is 6.08 Å². The van der Waals surface area contributed by atoms with Crippen LogP contribution in [-0.4, -0.2) is 10.9 Å². The zero-order valence-corrected chi connectivity index (χ0v) is 11.3. The van der Waals surface area contributed by atoms with Crippen molar-refractivity contribution in [2.24, 2.45) is 0 Å². The Kier molecular flexibility index (Phi) is 5.43. The Morgan fingerprint density at radius 2 is 2.27 bits per heavy atom. The molecule has 1 aromatic carbocycles. The van der Waals surface area contributed by atoms with Gasteiger partial charge in [0.25, 0.3) is 0 Å². The van der Waals surface area contributed by atoms with Crippen molar-refractivity contribution in [1.29, 1.82) is 0 Å². The Bertz CT molecular complexity index is 370. The Labute approximate surface area is 107 Å². The predicted octanol–water partition coefficient (Wildman–Crippen LogP) is 4.40. The molecule has 0 heterocycles. The van der Waals surface area contributed by atoms with Gasteiger partial charge in [-0.15, -0.1) is 0 Å². The fourth-order valence-corrected chi connectivity index (χ4v) is 2.33. The lowest BCUT2D eigenvalue weighted by Gasteiger charge is -1.97. The lowest BCUT2D eigenvalue weighted by Crippen LogP contribution is -1.81. The molecule has 4 heteroatoms. The molecule has 0 radical (unpaired) electrons. The standard InChI is InChI=1S/C11H10BrClOS/c1-8(14)15-4-2-3-9-5-10(12)7-11(13)6-9/h2-3,5-7H,4H2,1H3. The number of hydrogen-bond acceptors (Lipinski definition) is 2. The second-order valence-electron chi connectivity index (χ2n) is 2.91. The molecule has 0 aromatic heterocycles. The van der Waals surface area contributed by atoms with Crippen LogP contribution in [0, 0.1) is 0 Å². The fraction of sp³-hybridized carbons (Fsp3) is 0.182. The number of carbonyl (C=O) groups excluding carboxylic acids is 1. The van der Waals surface area contributed by atoms with E-state index in [2.05, 4.69) is 15.9 Å². The lowest BCUT2D eigenvalue weighted by atomic mass is 10.2. The quantitative estimate of drug-likeness (QED) is 0.823. The molecule has 0 amide bonds. The first-order valence-electron chi connectivity index (χ1n) is 4.34. The van der Waals surface area contributed by atoms with Crippen molar-refractivity contribution >= 4 is 50.5 Å². The molecule has 0 atom stereocenters. The summed E-state index contributed by atoms with van der Waals surface area (Å²) in [4.78, 5) is 10.7. The molecule has 0 unspecified atom stereocenters. The third-order valence-corrected chi connectivity index (χ3v) is 3.02. The van der Waals surface area contributed by atoms with Crippen molar-refractivity contribution in [3.05, 3.63) is 39.3 Å². The van der Waals surface area contributed by atoms with E-state index in [4.69, 9.17) is 11.6 Å². The lowest BCUT2D eigenvalue weighted by molar-refractivity contribution is -0.109. The van der Waals surface area contributed by atoms with Crippen LogP contribution < -0.4 is 0 Å². The van der Waals surface area contributed by atoms with Crippen LogP contribution in [0.5, 0.6) is 0 Å². The molecular formula is C11H10BrClOS. The average molecular weight is 306 g/mol. The highest BCUT2D eigenvalue weighted by molar-refractivity contribution is 9.10. The van der Waals surface area contributed by atoms with Gasteiger partial charge >= 0.3 is 0 Å². The summed E-state index contributed by atoms with van der Waals surface area (Å²) in [7, 11) is 0. The number of carbonyl (C=O) groups is 1. The van der Waals surface area contributed by atoms with Gasteiger partial charge in [0.2, 0.25) is 0 Å². The van der Waals surface area contributed by atoms with Crippen molar-refractivity contribution < 1.29 is 4.79 Å². The van der Waals surface area contributed by atoms with Crippen LogP contribution in [-0.2, 0) is 4.79 Å². The van der Waals surface area contributed by atoms with E-state index in [9.17, 15) is 4.79 Å². The van der Waals surface area contributed by atoms with Crippen molar-refractivity contribution in [2.75, 3.05) is 5.75 Å². The molecule has 0 N–H and O–H groups in total. The Hall–Kier alpha value is -0.250. The zero-order chi connectivity index (χ0) is 11.3. The number of halogens is 2. The molecule has 0 bridgehead atoms. The highest BCUT2D eigenvalue weighted by Gasteiger charge is 1.94. The summed E-state index contributed by atoms with van der Waals surface area (Å²) in [6.07, 6.45) is 3.90. The molecule has 1 aromatic rings. The van der Waals surface area contributed by atoms with Gasteiger partial charge in [-0.3, -0.25) is 4.79 Å². The SMILES string of the molecule is CC(=O)SCC=Cc1cc(Cl)cc(Br)c1. The summed E-state index contributed by atoms with van der Waals surface area (Å²) in [5.41, 5.74) is 1.03. The molecule has 1 nitrogen and oxygen atoms in total. The molecule has 0 aliphatic heterocycles. The van der Waals surface area contributed by atoms with Crippen LogP contribution in [0.15, 0.2) is 28.7 Å². The maximum atomic E-state index is 10.7. The van der Waals surface area contributed by atoms with Crippen LogP contribution in [0.2, 0.25) is 5.02 Å². The summed E-state index contributed by atoms with van der Waals surface area (Å²) < 4.78 is 0.953. The summed E-state index contributed by atoms with van der Waals surface area (Å²) in [6.45, 7) is 1.56. The minimum Gasteiger partial charge on any atom is -0.288 e. The van der Waals surface area contributed by atoms with E-state index >= 15 is 0 Å². The molecule has 0 saturated carbocycles. The smallest absolute Gasteiger partial charge is 0.186 e. The molecule has 0 saturated heterocycles. The fourth-order valence-electron chi connectivity index (χ4n) is 1.02. The normalized spacial score (nSPS) is 10.9. The van der Waals surface area contributed by atoms with E-state index in [1.807, 2.05) is 30.4 Å². The predicted molar refractivity (Wildman–Crippen MR) is 71.3 cm³/mol. The van der Waals surface area contributed by atoms with Gasteiger partial charge < -0.3 is 0 Å². The Balaban J connectivity index is 2.60. The summed E-state index contributed by atoms with van der Waals surface area (Å²) in [5.74, 6) is 0.694. The van der Waals surface area contributed by atoms with E-state index in [1.54, 1.807) is 6.92 Å². The van der Waals surface area contributed by atoms with E-state index in [0.717, 1.165) is 10.0 Å². The van der Waals surface area contributed by atoms with E-state index in [0.29, 0.717) is 10.8 Å². The van der Waals surface area contributed by atoms with Gasteiger partial charge in [-0.05, 0) is 23.8 Å². The van der Waals surface area contributed by atoms with Gasteiger partial charge in [0.1, 0.15) is 0 Å². The maximum Gasteiger partial charge on any atom is 0.186 e. The summed E-state index contributed by atoms with van der Waals surface area (Å²) >= 11 is 10.5. The van der Waals surface area contributed by atoms with Gasteiger partial charge in [0.15, 0.2) is 5.12 Å². The molecule has 1 rings (SSSR count). The van der Waals surface area contributed by atoms with Crippen molar-refractivity contribution in [1.82, 2.24) is 0 Å². The number of benzene rings is 1. The first-order chi connectivity index (χ1) is 7.08. The highest BCUT2D eigenvalue weighted by Crippen LogP contribution is 2.20. The molecule has 0 fully saturated rings. The van der Waals surface area contributed by atoms with Gasteiger partial charge in [-0.25, -0.2) is 0 Å². The molecule has 0 spiro atoms. The number of rotatable bonds is 3. The van der Waals surface area contributed by atoms with E-state index in [-0.39, 0.29) is 5.12 Å². The van der Waals surface area contributed by atoms with Gasteiger partial charge in [0.05, 0.1) is 0 Å². The average Bonchev–Trinajstić information content (AvgIpc) is 2.10. The number of hydrogen-bond donors (Lipinski definition) is 0. The van der Waals surface area contributed by atoms with Crippen LogP contribution >= 0.6 is 39.3 Å². The Morgan fingerprint density at radius 3 is 2.87 bits per heavy atom. The van der Waals surface area contributed by atoms with E-state index in [1.165, 1.54) is 11.8 Å². The van der Waals surface area contributed by atoms with Crippen molar-refractivity contribution in [3.63, 3.8) is 0 Å². The minimum atomic E-state index is 0.131. The second-order valence-corrected chi connectivity index (χ2v) is 5.46. The molecule has 0 aliphatic carbocycles. The van der Waals surface area contributed by atoms with Crippen LogP contribution in [0.3, 0.4) is 0 Å². The van der Waals surface area contributed by atoms with Gasteiger partial charge in [-0.1, -0.05) is 51.4 Å². The molecule has 15 heavy (non-hydrogen) atoms. The summed E-state index contributed by atoms with van der Waals surface area (Å²) in [5, 5.41) is 0.829. The molecular weight excluding hydrogens is 296 g/mol. The number of thioether (sulfide) groups is 1. The van der Waals surface area contributed by atoms with Crippen molar-refractivity contribution in [2.45, 2.75) is 6.92 Å². The molecule has 80 valence electrons. The Morgan fingerprint density at radius 1 is 1.53 bits per heavy atom. The van der Waals surface area contributed by atoms with Crippen LogP contribution in [0.4, 0.5) is 0 Å². The maximum absolute atomic E-state index is 10.7. The van der Waals surface area contributed by atoms with Crippen LogP contribution in [0.1, 0.15) is 12.5 Å². The molecule has 0 aliphatic rings. The second kappa shape index (κ2) is 6.36. The first kappa shape index (κ1) is 12.8.